The number of anilines is 1. The highest BCUT2D eigenvalue weighted by atomic mass is 19.3. The smallest absolute Gasteiger partial charge is 0.310 e. The Bertz CT molecular complexity index is 1310. The molecule has 1 aliphatic rings. The number of alkyl halides is 2. The van der Waals surface area contributed by atoms with E-state index in [1.807, 2.05) is 18.4 Å². The predicted molar refractivity (Wildman–Crippen MR) is 108 cm³/mol. The van der Waals surface area contributed by atoms with Gasteiger partial charge < -0.3 is 9.88 Å². The van der Waals surface area contributed by atoms with Gasteiger partial charge in [0.1, 0.15) is 23.5 Å². The summed E-state index contributed by atoms with van der Waals surface area (Å²) in [5, 5.41) is 10.8. The molecular formula is C21H17F2N7O. The Morgan fingerprint density at radius 3 is 2.81 bits per heavy atom. The molecule has 0 bridgehead atoms. The molecule has 1 aromatic carbocycles. The molecule has 3 aromatic heterocycles. The number of aromatic nitrogens is 6. The van der Waals surface area contributed by atoms with Crippen LogP contribution in [0.15, 0.2) is 55.2 Å². The van der Waals surface area contributed by atoms with Crippen molar-refractivity contribution in [3.63, 3.8) is 0 Å². The van der Waals surface area contributed by atoms with E-state index in [9.17, 15) is 13.6 Å². The maximum Gasteiger partial charge on any atom is 0.316 e. The summed E-state index contributed by atoms with van der Waals surface area (Å²) in [4.78, 5) is 21.1. The normalized spacial score (nSPS) is 13.8. The molecule has 1 amide bonds. The fourth-order valence-electron chi connectivity index (χ4n) is 3.62. The second kappa shape index (κ2) is 6.79. The minimum atomic E-state index is -3.15. The monoisotopic (exact) mass is 421 g/mol. The van der Waals surface area contributed by atoms with Crippen LogP contribution >= 0.6 is 0 Å². The quantitative estimate of drug-likeness (QED) is 0.541. The number of rotatable bonds is 4. The second-order valence-electron chi connectivity index (χ2n) is 7.47. The highest BCUT2D eigenvalue weighted by Crippen LogP contribution is 2.45. The van der Waals surface area contributed by atoms with E-state index in [2.05, 4.69) is 25.5 Å². The summed E-state index contributed by atoms with van der Waals surface area (Å²) in [5.41, 5.74) is 0.643. The van der Waals surface area contributed by atoms with Crippen LogP contribution in [-0.2, 0) is 5.92 Å². The summed E-state index contributed by atoms with van der Waals surface area (Å²) in [6.07, 6.45) is 4.06. The maximum absolute atomic E-state index is 14.5. The summed E-state index contributed by atoms with van der Waals surface area (Å²) in [6.45, 7) is 4.00. The number of benzene rings is 1. The van der Waals surface area contributed by atoms with E-state index < -0.39 is 11.8 Å². The van der Waals surface area contributed by atoms with Crippen LogP contribution < -0.4 is 5.32 Å². The number of fused-ring (bicyclic) bond motifs is 3. The molecule has 5 rings (SSSR count). The summed E-state index contributed by atoms with van der Waals surface area (Å²) >= 11 is 0. The number of carbonyl (C=O) groups is 1. The number of nitrogens with one attached hydrogen (secondary N) is 1. The minimum absolute atomic E-state index is 0.141. The van der Waals surface area contributed by atoms with E-state index >= 15 is 0 Å². The van der Waals surface area contributed by atoms with Gasteiger partial charge >= 0.3 is 5.92 Å². The Labute approximate surface area is 175 Å². The topological polar surface area (TPSA) is 90.5 Å². The van der Waals surface area contributed by atoms with Crippen molar-refractivity contribution in [1.82, 2.24) is 29.3 Å². The number of hydrogen-bond acceptors (Lipinski definition) is 5. The number of amides is 1. The van der Waals surface area contributed by atoms with Crippen LogP contribution in [0.1, 0.15) is 41.5 Å². The molecule has 0 atom stereocenters. The van der Waals surface area contributed by atoms with Crippen LogP contribution in [0.3, 0.4) is 0 Å². The van der Waals surface area contributed by atoms with E-state index in [4.69, 9.17) is 0 Å². The van der Waals surface area contributed by atoms with Gasteiger partial charge in [-0.1, -0.05) is 6.07 Å². The third-order valence-corrected chi connectivity index (χ3v) is 5.17. The number of halogens is 2. The molecule has 1 aliphatic heterocycles. The van der Waals surface area contributed by atoms with Crippen LogP contribution in [0.5, 0.6) is 0 Å². The molecule has 0 spiro atoms. The molecule has 1 N–H and O–H groups in total. The number of imidazole rings is 1. The Balaban J connectivity index is 1.44. The molecule has 0 saturated carbocycles. The number of pyridine rings is 1. The lowest BCUT2D eigenvalue weighted by Crippen LogP contribution is -2.15. The first-order chi connectivity index (χ1) is 14.9. The van der Waals surface area contributed by atoms with Gasteiger partial charge in [-0.25, -0.2) is 9.97 Å². The molecule has 4 heterocycles. The van der Waals surface area contributed by atoms with Gasteiger partial charge in [-0.15, -0.1) is 10.2 Å². The Morgan fingerprint density at radius 1 is 1.16 bits per heavy atom. The van der Waals surface area contributed by atoms with Crippen LogP contribution in [0, 0.1) is 0 Å². The number of carbonyl (C=O) groups excluding carboxylic acids is 1. The first-order valence-corrected chi connectivity index (χ1v) is 9.60. The van der Waals surface area contributed by atoms with E-state index in [-0.39, 0.29) is 28.6 Å². The van der Waals surface area contributed by atoms with Crippen LogP contribution in [-0.4, -0.2) is 35.2 Å². The van der Waals surface area contributed by atoms with E-state index in [0.717, 1.165) is 6.20 Å². The molecule has 0 saturated heterocycles. The van der Waals surface area contributed by atoms with E-state index in [1.165, 1.54) is 29.1 Å². The van der Waals surface area contributed by atoms with Crippen molar-refractivity contribution in [2.75, 3.05) is 5.32 Å². The van der Waals surface area contributed by atoms with Crippen LogP contribution in [0.2, 0.25) is 0 Å². The van der Waals surface area contributed by atoms with Gasteiger partial charge in [0.2, 0.25) is 0 Å². The largest absolute Gasteiger partial charge is 0.316 e. The summed E-state index contributed by atoms with van der Waals surface area (Å²) in [6, 6.07) is 9.38. The fraction of sp³-hybridized carbons (Fsp3) is 0.190. The van der Waals surface area contributed by atoms with Gasteiger partial charge in [0.15, 0.2) is 5.82 Å². The third-order valence-electron chi connectivity index (χ3n) is 5.17. The van der Waals surface area contributed by atoms with Gasteiger partial charge in [0.25, 0.3) is 5.91 Å². The lowest BCUT2D eigenvalue weighted by molar-refractivity contribution is 0.0443. The predicted octanol–water partition coefficient (Wildman–Crippen LogP) is 3.81. The first-order valence-electron chi connectivity index (χ1n) is 9.60. The molecule has 31 heavy (non-hydrogen) atoms. The number of hydrogen-bond donors (Lipinski definition) is 1. The molecule has 0 fully saturated rings. The number of nitrogens with zero attached hydrogens (tertiary/aromatic N) is 6. The fourth-order valence-corrected chi connectivity index (χ4v) is 3.62. The van der Waals surface area contributed by atoms with E-state index in [1.54, 1.807) is 24.5 Å². The molecule has 0 radical (unpaired) electrons. The summed E-state index contributed by atoms with van der Waals surface area (Å²) in [7, 11) is 0. The van der Waals surface area contributed by atoms with Crippen LogP contribution in [0.4, 0.5) is 14.6 Å². The van der Waals surface area contributed by atoms with Crippen molar-refractivity contribution < 1.29 is 13.6 Å². The lowest BCUT2D eigenvalue weighted by atomic mass is 10.0. The SMILES string of the molecule is CC(C)n1cnnc1-c1cccc(NC(=O)c2ccc3c(c2)-n2cncc2C3(F)F)n1. The Kier molecular flexibility index (Phi) is 4.17. The molecule has 8 nitrogen and oxygen atoms in total. The third kappa shape index (κ3) is 2.98. The van der Waals surface area contributed by atoms with Crippen molar-refractivity contribution in [3.05, 3.63) is 72.1 Å². The Hall–Kier alpha value is -3.95. The van der Waals surface area contributed by atoms with Gasteiger partial charge in [0, 0.05) is 11.6 Å². The zero-order valence-electron chi connectivity index (χ0n) is 16.6. The van der Waals surface area contributed by atoms with Crippen molar-refractivity contribution in [3.8, 4) is 17.2 Å². The van der Waals surface area contributed by atoms with Gasteiger partial charge in [-0.05, 0) is 44.2 Å². The van der Waals surface area contributed by atoms with Crippen LogP contribution in [0.25, 0.3) is 17.2 Å². The molecule has 0 unspecified atom stereocenters. The zero-order valence-corrected chi connectivity index (χ0v) is 16.6. The molecule has 4 aromatic rings. The lowest BCUT2D eigenvalue weighted by Gasteiger charge is -2.11. The average molecular weight is 421 g/mol. The minimum Gasteiger partial charge on any atom is -0.310 e. The summed E-state index contributed by atoms with van der Waals surface area (Å²) < 4.78 is 32.2. The van der Waals surface area contributed by atoms with Crippen molar-refractivity contribution in [1.29, 1.82) is 0 Å². The zero-order chi connectivity index (χ0) is 21.8. The average Bonchev–Trinajstić information content (AvgIpc) is 3.46. The highest BCUT2D eigenvalue weighted by molar-refractivity contribution is 6.04. The standard InChI is InChI=1S/C21H17F2N7O/c1-12(2)29-11-25-28-19(29)15-4-3-5-18(26-15)27-20(31)13-6-7-14-16(8-13)30-10-24-9-17(30)21(14,22)23/h3-12H,1-2H3,(H,26,27,31). The Morgan fingerprint density at radius 2 is 2.00 bits per heavy atom. The molecule has 156 valence electrons. The van der Waals surface area contributed by atoms with Gasteiger partial charge in [0.05, 0.1) is 23.8 Å². The van der Waals surface area contributed by atoms with Gasteiger partial charge in [-0.3, -0.25) is 9.36 Å². The molecular weight excluding hydrogens is 404 g/mol. The summed E-state index contributed by atoms with van der Waals surface area (Å²) in [5.74, 6) is -2.72. The molecule has 10 heteroatoms. The maximum atomic E-state index is 14.5. The first kappa shape index (κ1) is 19.0. The highest BCUT2D eigenvalue weighted by Gasteiger charge is 2.45. The van der Waals surface area contributed by atoms with Crippen molar-refractivity contribution >= 4 is 11.7 Å². The molecule has 0 aliphatic carbocycles. The van der Waals surface area contributed by atoms with Crippen molar-refractivity contribution in [2.45, 2.75) is 25.8 Å². The van der Waals surface area contributed by atoms with Crippen molar-refractivity contribution in [2.24, 2.45) is 0 Å². The second-order valence-corrected chi connectivity index (χ2v) is 7.47. The van der Waals surface area contributed by atoms with Gasteiger partial charge in [-0.2, -0.15) is 8.78 Å². The van der Waals surface area contributed by atoms with E-state index in [0.29, 0.717) is 17.3 Å².